The molecule has 0 amide bonds. The van der Waals surface area contributed by atoms with Crippen molar-refractivity contribution in [3.8, 4) is 0 Å². The molecule has 36 heavy (non-hydrogen) atoms. The highest BCUT2D eigenvalue weighted by Crippen LogP contribution is 2.25. The van der Waals surface area contributed by atoms with Crippen molar-refractivity contribution in [2.45, 2.75) is 32.6 Å². The number of rotatable bonds is 16. The van der Waals surface area contributed by atoms with Gasteiger partial charge in [0.15, 0.2) is 0 Å². The third-order valence-electron chi connectivity index (χ3n) is 4.86. The highest BCUT2D eigenvalue weighted by Gasteiger charge is 2.35. The quantitative estimate of drug-likeness (QED) is 0.166. The standard InChI is InChI=1S/C24H32O12/c1-8-24(12-34-18(25)9-15(2)21(28)31-5,13-35-19(26)10-16(3)22(29)32-6)14-36-20(27)11-17(4)23(30)33-7/h2-4,8-14H2,1,5-7H3. The molecule has 0 saturated carbocycles. The van der Waals surface area contributed by atoms with E-state index in [9.17, 15) is 28.8 Å². The van der Waals surface area contributed by atoms with Crippen LogP contribution in [0.3, 0.4) is 0 Å². The van der Waals surface area contributed by atoms with Gasteiger partial charge in [0.25, 0.3) is 0 Å². The average Bonchev–Trinajstić information content (AvgIpc) is 2.86. The normalized spacial score (nSPS) is 10.3. The van der Waals surface area contributed by atoms with Crippen LogP contribution in [0.5, 0.6) is 0 Å². The van der Waals surface area contributed by atoms with E-state index in [4.69, 9.17) is 14.2 Å². The molecule has 0 rings (SSSR count). The van der Waals surface area contributed by atoms with Crippen molar-refractivity contribution in [2.75, 3.05) is 41.2 Å². The molecule has 12 heteroatoms. The first kappa shape index (κ1) is 32.0. The lowest BCUT2D eigenvalue weighted by molar-refractivity contribution is -0.163. The largest absolute Gasteiger partial charge is 0.466 e. The zero-order valence-electron chi connectivity index (χ0n) is 21.0. The molecular weight excluding hydrogens is 480 g/mol. The van der Waals surface area contributed by atoms with E-state index in [1.807, 2.05) is 0 Å². The fourth-order valence-electron chi connectivity index (χ4n) is 2.46. The molecule has 0 aromatic heterocycles. The van der Waals surface area contributed by atoms with Crippen LogP contribution >= 0.6 is 0 Å². The van der Waals surface area contributed by atoms with E-state index in [-0.39, 0.29) is 43.0 Å². The Morgan fingerprint density at radius 2 is 0.806 bits per heavy atom. The summed E-state index contributed by atoms with van der Waals surface area (Å²) in [6.45, 7) is 10.9. The lowest BCUT2D eigenvalue weighted by Gasteiger charge is -2.31. The summed E-state index contributed by atoms with van der Waals surface area (Å²) in [6.07, 6.45) is -1.16. The summed E-state index contributed by atoms with van der Waals surface area (Å²) in [7, 11) is 3.40. The molecule has 0 atom stereocenters. The molecule has 0 aromatic carbocycles. The van der Waals surface area contributed by atoms with Gasteiger partial charge in [-0.3, -0.25) is 14.4 Å². The van der Waals surface area contributed by atoms with Gasteiger partial charge in [0.05, 0.1) is 46.0 Å². The lowest BCUT2D eigenvalue weighted by Crippen LogP contribution is -2.39. The Balaban J connectivity index is 5.39. The SMILES string of the molecule is C=C(CC(=O)OCC(CC)(COC(=O)CC(=C)C(=O)OC)COC(=O)CC(=C)C(=O)OC)C(=O)OC. The number of carbonyl (C=O) groups is 6. The second-order valence-corrected chi connectivity index (χ2v) is 7.65. The fraction of sp³-hybridized carbons (Fsp3) is 0.500. The summed E-state index contributed by atoms with van der Waals surface area (Å²) in [6, 6.07) is 0. The van der Waals surface area contributed by atoms with Crippen molar-refractivity contribution in [3.05, 3.63) is 36.5 Å². The summed E-state index contributed by atoms with van der Waals surface area (Å²) in [4.78, 5) is 70.9. The summed E-state index contributed by atoms with van der Waals surface area (Å²) in [5.74, 6) is -4.81. The van der Waals surface area contributed by atoms with Gasteiger partial charge < -0.3 is 28.4 Å². The van der Waals surface area contributed by atoms with Gasteiger partial charge in [-0.15, -0.1) is 0 Å². The number of hydrogen-bond donors (Lipinski definition) is 0. The van der Waals surface area contributed by atoms with Gasteiger partial charge in [-0.05, 0) is 6.42 Å². The van der Waals surface area contributed by atoms with E-state index >= 15 is 0 Å². The zero-order chi connectivity index (χ0) is 27.9. The molecule has 0 aliphatic heterocycles. The fourth-order valence-corrected chi connectivity index (χ4v) is 2.46. The molecule has 0 spiro atoms. The minimum atomic E-state index is -1.20. The first-order valence-corrected chi connectivity index (χ1v) is 10.6. The Hall–Kier alpha value is -3.96. The molecule has 0 fully saturated rings. The van der Waals surface area contributed by atoms with Crippen LogP contribution in [0.15, 0.2) is 36.5 Å². The molecule has 0 saturated heterocycles. The second kappa shape index (κ2) is 15.8. The highest BCUT2D eigenvalue weighted by atomic mass is 16.6. The molecular formula is C24H32O12. The van der Waals surface area contributed by atoms with Gasteiger partial charge in [0, 0.05) is 16.7 Å². The number of esters is 6. The summed E-state index contributed by atoms with van der Waals surface area (Å²) < 4.78 is 29.1. The first-order chi connectivity index (χ1) is 16.8. The van der Waals surface area contributed by atoms with Gasteiger partial charge >= 0.3 is 35.8 Å². The van der Waals surface area contributed by atoms with Crippen LogP contribution in [0.1, 0.15) is 32.6 Å². The number of hydrogen-bond acceptors (Lipinski definition) is 12. The van der Waals surface area contributed by atoms with Gasteiger partial charge in [0.1, 0.15) is 19.8 Å². The lowest BCUT2D eigenvalue weighted by atomic mass is 9.88. The third-order valence-corrected chi connectivity index (χ3v) is 4.86. The van der Waals surface area contributed by atoms with Crippen molar-refractivity contribution in [2.24, 2.45) is 5.41 Å². The van der Waals surface area contributed by atoms with E-state index in [0.29, 0.717) is 0 Å². The molecule has 0 aliphatic carbocycles. The van der Waals surface area contributed by atoms with Crippen molar-refractivity contribution in [1.29, 1.82) is 0 Å². The second-order valence-electron chi connectivity index (χ2n) is 7.65. The third kappa shape index (κ3) is 11.4. The number of ether oxygens (including phenoxy) is 6. The highest BCUT2D eigenvalue weighted by molar-refractivity contribution is 5.94. The van der Waals surface area contributed by atoms with Gasteiger partial charge in [-0.2, -0.15) is 0 Å². The van der Waals surface area contributed by atoms with Crippen LogP contribution in [0.2, 0.25) is 0 Å². The predicted molar refractivity (Wildman–Crippen MR) is 123 cm³/mol. The average molecular weight is 513 g/mol. The van der Waals surface area contributed by atoms with Crippen molar-refractivity contribution in [1.82, 2.24) is 0 Å². The van der Waals surface area contributed by atoms with Crippen molar-refractivity contribution < 1.29 is 57.2 Å². The van der Waals surface area contributed by atoms with Crippen LogP contribution in [-0.2, 0) is 57.2 Å². The molecule has 0 N–H and O–H groups in total. The summed E-state index contributed by atoms with van der Waals surface area (Å²) in [5, 5.41) is 0. The minimum Gasteiger partial charge on any atom is -0.466 e. The maximum atomic E-state index is 12.2. The van der Waals surface area contributed by atoms with Crippen molar-refractivity contribution >= 4 is 35.8 Å². The summed E-state index contributed by atoms with van der Waals surface area (Å²) in [5.41, 5.74) is -1.60. The van der Waals surface area contributed by atoms with E-state index in [1.54, 1.807) is 6.92 Å². The zero-order valence-corrected chi connectivity index (χ0v) is 21.0. The van der Waals surface area contributed by atoms with Crippen LogP contribution in [-0.4, -0.2) is 77.0 Å². The van der Waals surface area contributed by atoms with Gasteiger partial charge in [-0.25, -0.2) is 14.4 Å². The van der Waals surface area contributed by atoms with Crippen LogP contribution in [0.25, 0.3) is 0 Å². The first-order valence-electron chi connectivity index (χ1n) is 10.6. The Labute approximate surface area is 209 Å². The van der Waals surface area contributed by atoms with Crippen LogP contribution in [0.4, 0.5) is 0 Å². The molecule has 12 nitrogen and oxygen atoms in total. The Kier molecular flexibility index (Phi) is 14.1. The summed E-state index contributed by atoms with van der Waals surface area (Å²) >= 11 is 0. The van der Waals surface area contributed by atoms with Crippen LogP contribution in [0, 0.1) is 5.41 Å². The van der Waals surface area contributed by atoms with Gasteiger partial charge in [0.2, 0.25) is 0 Å². The molecule has 0 bridgehead atoms. The van der Waals surface area contributed by atoms with E-state index < -0.39 is 60.5 Å². The Bertz CT molecular complexity index is 787. The predicted octanol–water partition coefficient (Wildman–Crippen LogP) is 1.37. The topological polar surface area (TPSA) is 158 Å². The van der Waals surface area contributed by atoms with E-state index in [2.05, 4.69) is 33.9 Å². The number of carbonyl (C=O) groups excluding carboxylic acids is 6. The molecule has 0 heterocycles. The van der Waals surface area contributed by atoms with E-state index in [1.165, 1.54) is 0 Å². The molecule has 200 valence electrons. The maximum absolute atomic E-state index is 12.2. The van der Waals surface area contributed by atoms with Crippen LogP contribution < -0.4 is 0 Å². The van der Waals surface area contributed by atoms with Crippen molar-refractivity contribution in [3.63, 3.8) is 0 Å². The number of methoxy groups -OCH3 is 3. The van der Waals surface area contributed by atoms with E-state index in [0.717, 1.165) is 21.3 Å². The monoisotopic (exact) mass is 512 g/mol. The molecule has 0 aromatic rings. The molecule has 0 radical (unpaired) electrons. The van der Waals surface area contributed by atoms with Gasteiger partial charge in [-0.1, -0.05) is 26.7 Å². The maximum Gasteiger partial charge on any atom is 0.333 e. The minimum absolute atomic E-state index is 0.134. The Morgan fingerprint density at radius 3 is 1.00 bits per heavy atom. The Morgan fingerprint density at radius 1 is 0.556 bits per heavy atom. The smallest absolute Gasteiger partial charge is 0.333 e. The molecule has 0 unspecified atom stereocenters. The molecule has 0 aliphatic rings.